The molecule has 1 aromatic carbocycles. The average molecular weight is 450 g/mol. The molecular formula is C26H23N7O. The molecule has 0 saturated carbocycles. The Hall–Kier alpha value is -4.43. The summed E-state index contributed by atoms with van der Waals surface area (Å²) in [6, 6.07) is 15.6. The Balaban J connectivity index is 1.46. The summed E-state index contributed by atoms with van der Waals surface area (Å²) >= 11 is 0. The number of anilines is 1. The van der Waals surface area contributed by atoms with Crippen LogP contribution in [0.3, 0.4) is 0 Å². The van der Waals surface area contributed by atoms with Crippen molar-refractivity contribution in [3.8, 4) is 17.8 Å². The summed E-state index contributed by atoms with van der Waals surface area (Å²) in [5.74, 6) is 0.333. The third kappa shape index (κ3) is 3.50. The summed E-state index contributed by atoms with van der Waals surface area (Å²) < 4.78 is 3.35. The number of fused-ring (bicyclic) bond motifs is 1. The highest BCUT2D eigenvalue weighted by molar-refractivity contribution is 5.92. The summed E-state index contributed by atoms with van der Waals surface area (Å²) in [6.07, 6.45) is 5.75. The number of aromatic nitrogens is 4. The van der Waals surface area contributed by atoms with Crippen molar-refractivity contribution in [2.24, 2.45) is 7.05 Å². The van der Waals surface area contributed by atoms with Gasteiger partial charge in [-0.3, -0.25) is 4.79 Å². The van der Waals surface area contributed by atoms with Gasteiger partial charge < -0.3 is 9.47 Å². The molecule has 1 fully saturated rings. The van der Waals surface area contributed by atoms with Crippen molar-refractivity contribution in [1.29, 1.82) is 10.5 Å². The molecule has 0 unspecified atom stereocenters. The summed E-state index contributed by atoms with van der Waals surface area (Å²) in [6.45, 7) is 3.42. The van der Waals surface area contributed by atoms with Crippen LogP contribution >= 0.6 is 0 Å². The minimum Gasteiger partial charge on any atom is -0.368 e. The van der Waals surface area contributed by atoms with Crippen molar-refractivity contribution in [2.75, 3.05) is 18.0 Å². The third-order valence-electron chi connectivity index (χ3n) is 6.69. The van der Waals surface area contributed by atoms with Crippen LogP contribution in [0.1, 0.15) is 41.1 Å². The highest BCUT2D eigenvalue weighted by Gasteiger charge is 2.27. The van der Waals surface area contributed by atoms with Crippen LogP contribution in [0.5, 0.6) is 0 Å². The Labute approximate surface area is 196 Å². The highest BCUT2D eigenvalue weighted by Crippen LogP contribution is 2.34. The second kappa shape index (κ2) is 8.49. The zero-order chi connectivity index (χ0) is 23.8. The molecule has 0 atom stereocenters. The van der Waals surface area contributed by atoms with E-state index in [4.69, 9.17) is 0 Å². The van der Waals surface area contributed by atoms with Gasteiger partial charge in [0.15, 0.2) is 0 Å². The van der Waals surface area contributed by atoms with E-state index >= 15 is 0 Å². The molecule has 34 heavy (non-hydrogen) atoms. The maximum atomic E-state index is 12.9. The Kier molecular flexibility index (Phi) is 5.35. The van der Waals surface area contributed by atoms with E-state index < -0.39 is 0 Å². The number of aryl methyl sites for hydroxylation is 2. The van der Waals surface area contributed by atoms with Gasteiger partial charge in [0.25, 0.3) is 5.56 Å². The van der Waals surface area contributed by atoms with Crippen molar-refractivity contribution < 1.29 is 0 Å². The number of para-hydroxylation sites is 1. The first-order chi connectivity index (χ1) is 16.5. The summed E-state index contributed by atoms with van der Waals surface area (Å²) in [4.78, 5) is 19.4. The Bertz CT molecular complexity index is 1540. The Morgan fingerprint density at radius 3 is 2.53 bits per heavy atom. The highest BCUT2D eigenvalue weighted by atomic mass is 16.1. The van der Waals surface area contributed by atoms with Crippen LogP contribution in [-0.4, -0.2) is 32.4 Å². The van der Waals surface area contributed by atoms with Gasteiger partial charge in [0.1, 0.15) is 28.9 Å². The van der Waals surface area contributed by atoms with Crippen molar-refractivity contribution in [1.82, 2.24) is 19.3 Å². The first-order valence-corrected chi connectivity index (χ1v) is 11.2. The zero-order valence-electron chi connectivity index (χ0n) is 19.1. The van der Waals surface area contributed by atoms with Crippen LogP contribution in [0.4, 0.5) is 5.69 Å². The summed E-state index contributed by atoms with van der Waals surface area (Å²) in [7, 11) is 1.63. The minimum atomic E-state index is -0.349. The smallest absolute Gasteiger partial charge is 0.270 e. The molecule has 0 bridgehead atoms. The number of nitrogens with zero attached hydrogens (tertiary/aromatic N) is 7. The molecule has 1 saturated heterocycles. The first kappa shape index (κ1) is 21.4. The molecule has 1 aliphatic heterocycles. The second-order valence-electron chi connectivity index (χ2n) is 8.64. The molecule has 5 rings (SSSR count). The molecule has 168 valence electrons. The molecule has 4 aromatic rings. The number of rotatable bonds is 3. The maximum Gasteiger partial charge on any atom is 0.270 e. The SMILES string of the molecule is Cc1ccccc1-n1cc(C2CCN(c3c(C#N)c(=O)n(C)c4ccc(C#N)nc34)CC2)cn1. The third-order valence-corrected chi connectivity index (χ3v) is 6.69. The normalized spacial score (nSPS) is 14.2. The number of pyridine rings is 2. The topological polar surface area (TPSA) is 104 Å². The van der Waals surface area contributed by atoms with Crippen LogP contribution in [0.25, 0.3) is 16.7 Å². The van der Waals surface area contributed by atoms with Crippen LogP contribution in [0.2, 0.25) is 0 Å². The summed E-state index contributed by atoms with van der Waals surface area (Å²) in [5, 5.41) is 23.7. The van der Waals surface area contributed by atoms with E-state index in [0.717, 1.165) is 24.1 Å². The Morgan fingerprint density at radius 1 is 1.06 bits per heavy atom. The molecule has 1 aliphatic rings. The fraction of sp³-hybridized carbons (Fsp3) is 0.269. The van der Waals surface area contributed by atoms with Crippen LogP contribution in [-0.2, 0) is 7.05 Å². The molecule has 0 spiro atoms. The standard InChI is InChI=1S/C26H23N7O/c1-17-5-3-4-6-22(17)33-16-19(15-29-33)18-9-11-32(12-10-18)25-21(14-28)26(34)31(2)23-8-7-20(13-27)30-24(23)25/h3-8,15-16,18H,9-12H2,1-2H3. The lowest BCUT2D eigenvalue weighted by Gasteiger charge is -2.34. The van der Waals surface area contributed by atoms with Crippen LogP contribution in [0.15, 0.2) is 53.6 Å². The number of benzene rings is 1. The average Bonchev–Trinajstić information content (AvgIpc) is 3.36. The van der Waals surface area contributed by atoms with Gasteiger partial charge in [-0.2, -0.15) is 15.6 Å². The van der Waals surface area contributed by atoms with E-state index in [1.54, 1.807) is 19.2 Å². The van der Waals surface area contributed by atoms with E-state index in [0.29, 0.717) is 35.7 Å². The lowest BCUT2D eigenvalue weighted by Crippen LogP contribution is -2.36. The fourth-order valence-electron chi connectivity index (χ4n) is 4.80. The number of nitriles is 2. The molecule has 3 aromatic heterocycles. The Morgan fingerprint density at radius 2 is 1.82 bits per heavy atom. The molecule has 8 nitrogen and oxygen atoms in total. The fourth-order valence-corrected chi connectivity index (χ4v) is 4.80. The molecule has 4 heterocycles. The van der Waals surface area contributed by atoms with Crippen molar-refractivity contribution in [3.63, 3.8) is 0 Å². The molecule has 8 heteroatoms. The summed E-state index contributed by atoms with van der Waals surface area (Å²) in [5.41, 5.74) is 5.06. The molecule has 0 radical (unpaired) electrons. The van der Waals surface area contributed by atoms with E-state index in [9.17, 15) is 15.3 Å². The zero-order valence-corrected chi connectivity index (χ0v) is 19.1. The van der Waals surface area contributed by atoms with Gasteiger partial charge in [-0.15, -0.1) is 0 Å². The van der Waals surface area contributed by atoms with Gasteiger partial charge in [0, 0.05) is 26.3 Å². The van der Waals surface area contributed by atoms with Gasteiger partial charge in [0.05, 0.1) is 23.1 Å². The quantitative estimate of drug-likeness (QED) is 0.474. The van der Waals surface area contributed by atoms with Crippen LogP contribution in [0, 0.1) is 29.6 Å². The maximum absolute atomic E-state index is 12.9. The first-order valence-electron chi connectivity index (χ1n) is 11.2. The lowest BCUT2D eigenvalue weighted by molar-refractivity contribution is 0.505. The van der Waals surface area contributed by atoms with Gasteiger partial charge in [-0.1, -0.05) is 18.2 Å². The van der Waals surface area contributed by atoms with E-state index in [-0.39, 0.29) is 16.8 Å². The van der Waals surface area contributed by atoms with Crippen LogP contribution < -0.4 is 10.5 Å². The van der Waals surface area contributed by atoms with Crippen molar-refractivity contribution in [2.45, 2.75) is 25.7 Å². The number of hydrogen-bond acceptors (Lipinski definition) is 6. The minimum absolute atomic E-state index is 0.0726. The largest absolute Gasteiger partial charge is 0.368 e. The van der Waals surface area contributed by atoms with E-state index in [2.05, 4.69) is 52.4 Å². The van der Waals surface area contributed by atoms with Gasteiger partial charge >= 0.3 is 0 Å². The molecule has 0 aliphatic carbocycles. The second-order valence-corrected chi connectivity index (χ2v) is 8.64. The number of piperidine rings is 1. The van der Waals surface area contributed by atoms with Gasteiger partial charge in [-0.25, -0.2) is 9.67 Å². The van der Waals surface area contributed by atoms with Crippen molar-refractivity contribution in [3.05, 3.63) is 81.5 Å². The van der Waals surface area contributed by atoms with Gasteiger partial charge in [0.2, 0.25) is 0 Å². The number of hydrogen-bond donors (Lipinski definition) is 0. The van der Waals surface area contributed by atoms with E-state index in [1.807, 2.05) is 23.0 Å². The predicted octanol–water partition coefficient (Wildman–Crippen LogP) is 3.55. The van der Waals surface area contributed by atoms with Crippen molar-refractivity contribution >= 4 is 16.7 Å². The molecule has 0 N–H and O–H groups in total. The lowest BCUT2D eigenvalue weighted by atomic mass is 9.91. The molecule has 0 amide bonds. The monoisotopic (exact) mass is 449 g/mol. The molecular weight excluding hydrogens is 426 g/mol. The van der Waals surface area contributed by atoms with Gasteiger partial charge in [-0.05, 0) is 55.0 Å². The van der Waals surface area contributed by atoms with E-state index in [1.165, 1.54) is 10.1 Å². The predicted molar refractivity (Wildman–Crippen MR) is 129 cm³/mol.